The first-order valence-electron chi connectivity index (χ1n) is 7.01. The fraction of sp³-hybridized carbons (Fsp3) is 0.176. The Kier molecular flexibility index (Phi) is 3.99. The number of carbonyl (C=O) groups excluding carboxylic acids is 2. The summed E-state index contributed by atoms with van der Waals surface area (Å²) in [7, 11) is 0. The maximum atomic E-state index is 13.1. The van der Waals surface area contributed by atoms with Crippen molar-refractivity contribution in [2.45, 2.75) is 19.6 Å². The molecule has 0 aliphatic carbocycles. The van der Waals surface area contributed by atoms with Gasteiger partial charge in [0.2, 0.25) is 0 Å². The molecule has 0 aromatic heterocycles. The Labute approximate surface area is 144 Å². The van der Waals surface area contributed by atoms with E-state index in [1.54, 1.807) is 12.1 Å². The Morgan fingerprint density at radius 3 is 2.08 bits per heavy atom. The highest BCUT2D eigenvalue weighted by molar-refractivity contribution is 9.10. The van der Waals surface area contributed by atoms with E-state index >= 15 is 0 Å². The Morgan fingerprint density at radius 2 is 1.58 bits per heavy atom. The maximum absolute atomic E-state index is 13.1. The normalized spacial score (nSPS) is 14.3. The lowest BCUT2D eigenvalue weighted by atomic mass is 10.0. The van der Waals surface area contributed by atoms with E-state index in [1.165, 1.54) is 25.1 Å². The molecular formula is C17H11BrF3NO2. The molecule has 7 heteroatoms. The third-order valence-corrected chi connectivity index (χ3v) is 4.64. The molecule has 0 N–H and O–H groups in total. The molecule has 0 saturated carbocycles. The van der Waals surface area contributed by atoms with E-state index in [4.69, 9.17) is 0 Å². The topological polar surface area (TPSA) is 37.4 Å². The maximum Gasteiger partial charge on any atom is 0.416 e. The second kappa shape index (κ2) is 5.73. The van der Waals surface area contributed by atoms with E-state index in [2.05, 4.69) is 15.9 Å². The summed E-state index contributed by atoms with van der Waals surface area (Å²) in [5.41, 5.74) is 0.0452. The van der Waals surface area contributed by atoms with E-state index < -0.39 is 23.6 Å². The van der Waals surface area contributed by atoms with Crippen LogP contribution < -0.4 is 0 Å². The summed E-state index contributed by atoms with van der Waals surface area (Å²) in [6.45, 7) is 1.13. The van der Waals surface area contributed by atoms with Crippen LogP contribution in [0, 0.1) is 6.92 Å². The van der Waals surface area contributed by atoms with Gasteiger partial charge in [-0.25, -0.2) is 0 Å². The molecule has 0 atom stereocenters. The fourth-order valence-corrected chi connectivity index (χ4v) is 3.28. The number of alkyl halides is 3. The number of hydrogen-bond acceptors (Lipinski definition) is 2. The highest BCUT2D eigenvalue weighted by Gasteiger charge is 2.37. The number of carbonyl (C=O) groups is 2. The summed E-state index contributed by atoms with van der Waals surface area (Å²) >= 11 is 3.21. The van der Waals surface area contributed by atoms with Crippen LogP contribution in [0.1, 0.15) is 37.4 Å². The second-order valence-corrected chi connectivity index (χ2v) is 6.35. The number of halogens is 4. The lowest BCUT2D eigenvalue weighted by molar-refractivity contribution is -0.138. The van der Waals surface area contributed by atoms with Crippen molar-refractivity contribution in [1.82, 2.24) is 4.90 Å². The van der Waals surface area contributed by atoms with Crippen LogP contribution >= 0.6 is 15.9 Å². The van der Waals surface area contributed by atoms with Crippen LogP contribution in [0.5, 0.6) is 0 Å². The molecule has 0 saturated heterocycles. The minimum absolute atomic E-state index is 0.0699. The first-order chi connectivity index (χ1) is 11.2. The largest absolute Gasteiger partial charge is 0.416 e. The van der Waals surface area contributed by atoms with Gasteiger partial charge in [-0.3, -0.25) is 14.5 Å². The van der Waals surface area contributed by atoms with Crippen LogP contribution in [-0.4, -0.2) is 16.7 Å². The van der Waals surface area contributed by atoms with Gasteiger partial charge in [0, 0.05) is 4.47 Å². The molecule has 0 fully saturated rings. The molecule has 3 rings (SSSR count). The Bertz CT molecular complexity index is 826. The van der Waals surface area contributed by atoms with Crippen molar-refractivity contribution < 1.29 is 22.8 Å². The lowest BCUT2D eigenvalue weighted by Crippen LogP contribution is -2.29. The molecule has 1 aliphatic rings. The third-order valence-electron chi connectivity index (χ3n) is 3.91. The van der Waals surface area contributed by atoms with Crippen LogP contribution in [-0.2, 0) is 12.7 Å². The van der Waals surface area contributed by atoms with Crippen LogP contribution in [0.3, 0.4) is 0 Å². The van der Waals surface area contributed by atoms with E-state index in [-0.39, 0.29) is 28.8 Å². The van der Waals surface area contributed by atoms with Gasteiger partial charge < -0.3 is 0 Å². The van der Waals surface area contributed by atoms with Gasteiger partial charge in [0.05, 0.1) is 23.2 Å². The predicted octanol–water partition coefficient (Wildman–Crippen LogP) is 4.57. The van der Waals surface area contributed by atoms with Crippen molar-refractivity contribution >= 4 is 27.7 Å². The second-order valence-electron chi connectivity index (χ2n) is 5.50. The van der Waals surface area contributed by atoms with E-state index in [9.17, 15) is 22.8 Å². The number of nitrogens with zero attached hydrogens (tertiary/aromatic N) is 1. The number of hydrogen-bond donors (Lipinski definition) is 0. The summed E-state index contributed by atoms with van der Waals surface area (Å²) in [6.07, 6.45) is -4.50. The first-order valence-corrected chi connectivity index (χ1v) is 7.81. The molecule has 0 spiro atoms. The monoisotopic (exact) mass is 397 g/mol. The Hall–Kier alpha value is -2.15. The number of rotatable bonds is 2. The quantitative estimate of drug-likeness (QED) is 0.695. The van der Waals surface area contributed by atoms with Crippen molar-refractivity contribution in [3.05, 3.63) is 68.7 Å². The van der Waals surface area contributed by atoms with Crippen molar-refractivity contribution in [1.29, 1.82) is 0 Å². The minimum atomic E-state index is -4.50. The van der Waals surface area contributed by atoms with Crippen molar-refractivity contribution in [3.8, 4) is 0 Å². The van der Waals surface area contributed by atoms with Crippen LogP contribution in [0.15, 0.2) is 40.9 Å². The fourth-order valence-electron chi connectivity index (χ4n) is 2.70. The highest BCUT2D eigenvalue weighted by Crippen LogP contribution is 2.36. The molecule has 1 heterocycles. The summed E-state index contributed by atoms with van der Waals surface area (Å²) in [4.78, 5) is 25.6. The number of benzene rings is 2. The van der Waals surface area contributed by atoms with Crippen molar-refractivity contribution in [2.75, 3.05) is 0 Å². The first kappa shape index (κ1) is 16.7. The van der Waals surface area contributed by atoms with Gasteiger partial charge in [-0.2, -0.15) is 13.2 Å². The summed E-state index contributed by atoms with van der Waals surface area (Å²) in [6, 6.07) is 8.65. The molecule has 2 amide bonds. The van der Waals surface area contributed by atoms with Gasteiger partial charge in [0.1, 0.15) is 0 Å². The van der Waals surface area contributed by atoms with Gasteiger partial charge in [0.15, 0.2) is 0 Å². The molecule has 124 valence electrons. The smallest absolute Gasteiger partial charge is 0.270 e. The Balaban J connectivity index is 1.99. The average Bonchev–Trinajstić information content (AvgIpc) is 2.74. The summed E-state index contributed by atoms with van der Waals surface area (Å²) in [5, 5.41) is 0. The summed E-state index contributed by atoms with van der Waals surface area (Å²) < 4.78 is 39.7. The van der Waals surface area contributed by atoms with Crippen molar-refractivity contribution in [3.63, 3.8) is 0 Å². The van der Waals surface area contributed by atoms with Gasteiger partial charge in [-0.1, -0.05) is 28.1 Å². The standard InChI is InChI=1S/C17H11BrF3NO2/c1-9-6-14(18)10(7-13(9)17(19,20)21)8-22-15(23)11-4-2-3-5-12(11)16(22)24/h2-7H,8H2,1H3. The highest BCUT2D eigenvalue weighted by atomic mass is 79.9. The average molecular weight is 398 g/mol. The number of amides is 2. The molecular weight excluding hydrogens is 387 g/mol. The molecule has 0 radical (unpaired) electrons. The number of imide groups is 1. The van der Waals surface area contributed by atoms with Crippen LogP contribution in [0.2, 0.25) is 0 Å². The molecule has 0 unspecified atom stereocenters. The molecule has 24 heavy (non-hydrogen) atoms. The molecule has 0 bridgehead atoms. The van der Waals surface area contributed by atoms with Crippen molar-refractivity contribution in [2.24, 2.45) is 0 Å². The van der Waals surface area contributed by atoms with Gasteiger partial charge in [-0.15, -0.1) is 0 Å². The molecule has 3 nitrogen and oxygen atoms in total. The number of aryl methyl sites for hydroxylation is 1. The van der Waals surface area contributed by atoms with Crippen LogP contribution in [0.25, 0.3) is 0 Å². The lowest BCUT2D eigenvalue weighted by Gasteiger charge is -2.18. The van der Waals surface area contributed by atoms with Gasteiger partial charge in [-0.05, 0) is 42.3 Å². The zero-order valence-corrected chi connectivity index (χ0v) is 14.0. The van der Waals surface area contributed by atoms with E-state index in [1.807, 2.05) is 0 Å². The van der Waals surface area contributed by atoms with E-state index in [0.717, 1.165) is 11.0 Å². The number of fused-ring (bicyclic) bond motifs is 1. The predicted molar refractivity (Wildman–Crippen MR) is 84.5 cm³/mol. The zero-order valence-electron chi connectivity index (χ0n) is 12.4. The SMILES string of the molecule is Cc1cc(Br)c(CN2C(=O)c3ccccc3C2=O)cc1C(F)(F)F. The van der Waals surface area contributed by atoms with Crippen LogP contribution in [0.4, 0.5) is 13.2 Å². The minimum Gasteiger partial charge on any atom is -0.270 e. The van der Waals surface area contributed by atoms with E-state index in [0.29, 0.717) is 4.47 Å². The molecule has 1 aliphatic heterocycles. The molecule has 2 aromatic rings. The Morgan fingerprint density at radius 1 is 1.04 bits per heavy atom. The van der Waals surface area contributed by atoms with Gasteiger partial charge >= 0.3 is 6.18 Å². The third kappa shape index (κ3) is 2.73. The van der Waals surface area contributed by atoms with Gasteiger partial charge in [0.25, 0.3) is 11.8 Å². The molecule has 2 aromatic carbocycles. The zero-order chi connectivity index (χ0) is 17.6. The summed E-state index contributed by atoms with van der Waals surface area (Å²) in [5.74, 6) is -1.01.